The van der Waals surface area contributed by atoms with Gasteiger partial charge in [0.1, 0.15) is 17.2 Å². The fourth-order valence-electron chi connectivity index (χ4n) is 2.31. The number of carbonyl (C=O) groups is 1. The largest absolute Gasteiger partial charge is 0.353 e. The molecule has 1 atom stereocenters. The molecule has 3 rings (SSSR count). The number of benzene rings is 1. The van der Waals surface area contributed by atoms with Gasteiger partial charge in [-0.3, -0.25) is 4.79 Å². The van der Waals surface area contributed by atoms with Crippen LogP contribution in [0.1, 0.15) is 20.8 Å². The number of fused-ring (bicyclic) bond motifs is 1. The van der Waals surface area contributed by atoms with E-state index in [1.54, 1.807) is 23.0 Å². The van der Waals surface area contributed by atoms with Crippen LogP contribution in [0.5, 0.6) is 0 Å². The van der Waals surface area contributed by atoms with Crippen LogP contribution in [0.3, 0.4) is 0 Å². The van der Waals surface area contributed by atoms with E-state index in [0.717, 1.165) is 5.39 Å². The molecule has 0 saturated heterocycles. The highest BCUT2D eigenvalue weighted by atomic mass is 32.2. The van der Waals surface area contributed by atoms with Gasteiger partial charge < -0.3 is 5.32 Å². The number of halogens is 1. The number of aromatic nitrogens is 4. The molecule has 1 unspecified atom stereocenters. The van der Waals surface area contributed by atoms with Gasteiger partial charge in [-0.25, -0.2) is 19.0 Å². The smallest absolute Gasteiger partial charge is 0.233 e. The van der Waals surface area contributed by atoms with Crippen LogP contribution in [0.15, 0.2) is 41.8 Å². The van der Waals surface area contributed by atoms with Gasteiger partial charge in [-0.1, -0.05) is 11.8 Å². The van der Waals surface area contributed by atoms with E-state index in [4.69, 9.17) is 0 Å². The number of carbonyl (C=O) groups excluding carboxylic acids is 1. The number of thioether (sulfide) groups is 1. The Morgan fingerprint density at radius 3 is 2.60 bits per heavy atom. The molecular weight excluding hydrogens is 341 g/mol. The van der Waals surface area contributed by atoms with Crippen LogP contribution in [0.2, 0.25) is 0 Å². The van der Waals surface area contributed by atoms with E-state index in [1.807, 2.05) is 20.8 Å². The van der Waals surface area contributed by atoms with Crippen molar-refractivity contribution in [3.63, 3.8) is 0 Å². The van der Waals surface area contributed by atoms with E-state index in [9.17, 15) is 9.18 Å². The molecular formula is C17H18FN5OS. The third kappa shape index (κ3) is 3.79. The Labute approximate surface area is 148 Å². The molecule has 0 aliphatic rings. The van der Waals surface area contributed by atoms with Gasteiger partial charge in [-0.15, -0.1) is 0 Å². The van der Waals surface area contributed by atoms with E-state index in [-0.39, 0.29) is 23.0 Å². The fourth-order valence-corrected chi connectivity index (χ4v) is 3.20. The number of hydrogen-bond donors (Lipinski definition) is 1. The Kier molecular flexibility index (Phi) is 4.98. The first kappa shape index (κ1) is 17.3. The molecule has 6 nitrogen and oxygen atoms in total. The van der Waals surface area contributed by atoms with Crippen LogP contribution in [0.4, 0.5) is 4.39 Å². The van der Waals surface area contributed by atoms with Gasteiger partial charge >= 0.3 is 0 Å². The second-order valence-corrected chi connectivity index (χ2v) is 7.20. The van der Waals surface area contributed by atoms with Crippen molar-refractivity contribution in [3.8, 4) is 5.69 Å². The highest BCUT2D eigenvalue weighted by Crippen LogP contribution is 2.28. The molecule has 1 aromatic carbocycles. The van der Waals surface area contributed by atoms with Crippen molar-refractivity contribution in [2.75, 3.05) is 0 Å². The Morgan fingerprint density at radius 2 is 1.92 bits per heavy atom. The van der Waals surface area contributed by atoms with Gasteiger partial charge in [-0.2, -0.15) is 5.10 Å². The van der Waals surface area contributed by atoms with E-state index >= 15 is 0 Å². The molecule has 130 valence electrons. The summed E-state index contributed by atoms with van der Waals surface area (Å²) in [5.74, 6) is -0.353. The van der Waals surface area contributed by atoms with Crippen molar-refractivity contribution >= 4 is 28.7 Å². The lowest BCUT2D eigenvalue weighted by atomic mass is 10.3. The monoisotopic (exact) mass is 359 g/mol. The van der Waals surface area contributed by atoms with Crippen molar-refractivity contribution in [3.05, 3.63) is 42.6 Å². The quantitative estimate of drug-likeness (QED) is 0.560. The molecule has 0 fully saturated rings. The van der Waals surface area contributed by atoms with Gasteiger partial charge in [0.25, 0.3) is 0 Å². The maximum Gasteiger partial charge on any atom is 0.233 e. The van der Waals surface area contributed by atoms with Crippen molar-refractivity contribution in [2.45, 2.75) is 37.1 Å². The average Bonchev–Trinajstić information content (AvgIpc) is 3.00. The molecule has 25 heavy (non-hydrogen) atoms. The second kappa shape index (κ2) is 7.18. The Morgan fingerprint density at radius 1 is 1.20 bits per heavy atom. The highest BCUT2D eigenvalue weighted by Gasteiger charge is 2.19. The predicted molar refractivity (Wildman–Crippen MR) is 95.2 cm³/mol. The molecule has 2 heterocycles. The van der Waals surface area contributed by atoms with E-state index in [1.165, 1.54) is 30.2 Å². The standard InChI is InChI=1S/C17H18FN5OS/c1-10(2)22-16(24)11(3)25-17-14-8-21-23(15(14)19-9-20-17)13-6-4-12(18)5-7-13/h4-11H,1-3H3,(H,22,24). The SMILES string of the molecule is CC(C)NC(=O)C(C)Sc1ncnc2c1cnn2-c1ccc(F)cc1. The zero-order valence-electron chi connectivity index (χ0n) is 14.1. The molecule has 0 radical (unpaired) electrons. The van der Waals surface area contributed by atoms with Crippen molar-refractivity contribution in [1.82, 2.24) is 25.1 Å². The number of rotatable bonds is 5. The minimum Gasteiger partial charge on any atom is -0.353 e. The number of hydrogen-bond acceptors (Lipinski definition) is 5. The third-order valence-corrected chi connectivity index (χ3v) is 4.61. The van der Waals surface area contributed by atoms with Gasteiger partial charge in [-0.05, 0) is 45.0 Å². The van der Waals surface area contributed by atoms with Crippen LogP contribution >= 0.6 is 11.8 Å². The molecule has 2 aromatic heterocycles. The number of nitrogens with one attached hydrogen (secondary N) is 1. The van der Waals surface area contributed by atoms with Crippen LogP contribution in [0.25, 0.3) is 16.7 Å². The van der Waals surface area contributed by atoms with Crippen molar-refractivity contribution in [2.24, 2.45) is 0 Å². The van der Waals surface area contributed by atoms with Gasteiger partial charge in [0.05, 0.1) is 22.5 Å². The Bertz CT molecular complexity index is 894. The van der Waals surface area contributed by atoms with E-state index in [0.29, 0.717) is 16.4 Å². The first-order valence-electron chi connectivity index (χ1n) is 7.87. The number of nitrogens with zero attached hydrogens (tertiary/aromatic N) is 4. The lowest BCUT2D eigenvalue weighted by Gasteiger charge is -2.14. The summed E-state index contributed by atoms with van der Waals surface area (Å²) < 4.78 is 14.7. The maximum absolute atomic E-state index is 13.1. The predicted octanol–water partition coefficient (Wildman–Crippen LogP) is 2.96. The maximum atomic E-state index is 13.1. The highest BCUT2D eigenvalue weighted by molar-refractivity contribution is 8.00. The van der Waals surface area contributed by atoms with Gasteiger partial charge in [0.15, 0.2) is 5.65 Å². The van der Waals surface area contributed by atoms with Crippen LogP contribution in [-0.4, -0.2) is 36.9 Å². The molecule has 0 aliphatic carbocycles. The first-order valence-corrected chi connectivity index (χ1v) is 8.75. The third-order valence-electron chi connectivity index (χ3n) is 3.49. The molecule has 0 bridgehead atoms. The molecule has 1 amide bonds. The average molecular weight is 359 g/mol. The summed E-state index contributed by atoms with van der Waals surface area (Å²) in [6.45, 7) is 5.68. The lowest BCUT2D eigenvalue weighted by molar-refractivity contribution is -0.120. The molecule has 0 saturated carbocycles. The minimum absolute atomic E-state index is 0.0438. The fraction of sp³-hybridized carbons (Fsp3) is 0.294. The Hall–Kier alpha value is -2.48. The molecule has 8 heteroatoms. The molecule has 3 aromatic rings. The van der Waals surface area contributed by atoms with Crippen molar-refractivity contribution < 1.29 is 9.18 Å². The molecule has 0 aliphatic heterocycles. The summed E-state index contributed by atoms with van der Waals surface area (Å²) in [5.41, 5.74) is 1.32. The summed E-state index contributed by atoms with van der Waals surface area (Å²) in [6, 6.07) is 6.10. The number of amides is 1. The van der Waals surface area contributed by atoms with Crippen LogP contribution in [-0.2, 0) is 4.79 Å². The van der Waals surface area contributed by atoms with Gasteiger partial charge in [0, 0.05) is 6.04 Å². The zero-order valence-corrected chi connectivity index (χ0v) is 14.9. The summed E-state index contributed by atoms with van der Waals surface area (Å²) >= 11 is 1.36. The normalized spacial score (nSPS) is 12.5. The summed E-state index contributed by atoms with van der Waals surface area (Å²) in [5, 5.41) is 8.36. The van der Waals surface area contributed by atoms with Crippen LogP contribution in [0, 0.1) is 5.82 Å². The lowest BCUT2D eigenvalue weighted by Crippen LogP contribution is -2.35. The zero-order chi connectivity index (χ0) is 18.0. The Balaban J connectivity index is 1.91. The summed E-state index contributed by atoms with van der Waals surface area (Å²) in [6.07, 6.45) is 3.10. The van der Waals surface area contributed by atoms with Gasteiger partial charge in [0.2, 0.25) is 5.91 Å². The van der Waals surface area contributed by atoms with Crippen LogP contribution < -0.4 is 5.32 Å². The molecule has 0 spiro atoms. The summed E-state index contributed by atoms with van der Waals surface area (Å²) in [4.78, 5) is 20.7. The first-order chi connectivity index (χ1) is 12.0. The second-order valence-electron chi connectivity index (χ2n) is 5.87. The summed E-state index contributed by atoms with van der Waals surface area (Å²) in [7, 11) is 0. The van der Waals surface area contributed by atoms with Crippen molar-refractivity contribution in [1.29, 1.82) is 0 Å². The van der Waals surface area contributed by atoms with E-state index in [2.05, 4.69) is 20.4 Å². The van der Waals surface area contributed by atoms with E-state index < -0.39 is 0 Å². The minimum atomic E-state index is -0.309. The topological polar surface area (TPSA) is 72.7 Å². The molecule has 1 N–H and O–H groups in total.